The summed E-state index contributed by atoms with van der Waals surface area (Å²) in [6.45, 7) is 12.5. The third-order valence-corrected chi connectivity index (χ3v) is 5.94. The molecule has 1 aromatic rings. The summed E-state index contributed by atoms with van der Waals surface area (Å²) < 4.78 is 2.07. The van der Waals surface area contributed by atoms with Gasteiger partial charge in [0.2, 0.25) is 5.91 Å². The molecule has 0 spiro atoms. The first-order valence-electron chi connectivity index (χ1n) is 11.6. The third-order valence-electron chi connectivity index (χ3n) is 5.94. The standard InChI is InChI=1S/C21H38N8O/c1-3-19-25-24-18-29(19)12-9-23-21(22-4-2)28-15-13-26(14-16-28)17-20(30)27-10-7-5-6-8-11-27/h18H,3-17H2,1-2H3,(H,22,23). The summed E-state index contributed by atoms with van der Waals surface area (Å²) in [5.41, 5.74) is 0. The Labute approximate surface area is 180 Å². The maximum Gasteiger partial charge on any atom is 0.236 e. The van der Waals surface area contributed by atoms with Crippen molar-refractivity contribution < 1.29 is 4.79 Å². The Hall–Kier alpha value is -2.16. The molecule has 0 saturated carbocycles. The van der Waals surface area contributed by atoms with Crippen molar-refractivity contribution in [2.45, 2.75) is 52.5 Å². The number of carbonyl (C=O) groups is 1. The maximum absolute atomic E-state index is 12.7. The van der Waals surface area contributed by atoms with Gasteiger partial charge in [0.05, 0.1) is 13.1 Å². The van der Waals surface area contributed by atoms with Crippen molar-refractivity contribution in [2.75, 3.05) is 58.9 Å². The van der Waals surface area contributed by atoms with E-state index in [1.54, 1.807) is 6.33 Å². The molecule has 1 aromatic heterocycles. The zero-order chi connectivity index (χ0) is 21.2. The summed E-state index contributed by atoms with van der Waals surface area (Å²) in [7, 11) is 0. The fourth-order valence-electron chi connectivity index (χ4n) is 4.16. The van der Waals surface area contributed by atoms with Crippen LogP contribution in [0.15, 0.2) is 11.3 Å². The summed E-state index contributed by atoms with van der Waals surface area (Å²) in [4.78, 5) is 24.2. The van der Waals surface area contributed by atoms with E-state index in [-0.39, 0.29) is 0 Å². The average Bonchev–Trinajstić information content (AvgIpc) is 3.04. The lowest BCUT2D eigenvalue weighted by atomic mass is 10.2. The molecule has 0 bridgehead atoms. The highest BCUT2D eigenvalue weighted by molar-refractivity contribution is 5.80. The molecule has 9 nitrogen and oxygen atoms in total. The van der Waals surface area contributed by atoms with Gasteiger partial charge >= 0.3 is 0 Å². The average molecular weight is 419 g/mol. The first-order chi connectivity index (χ1) is 14.7. The molecule has 2 fully saturated rings. The topological polar surface area (TPSA) is 81.9 Å². The van der Waals surface area contributed by atoms with Crippen LogP contribution in [-0.2, 0) is 17.8 Å². The van der Waals surface area contributed by atoms with Gasteiger partial charge < -0.3 is 19.7 Å². The second-order valence-corrected chi connectivity index (χ2v) is 8.09. The quantitative estimate of drug-likeness (QED) is 0.522. The van der Waals surface area contributed by atoms with Gasteiger partial charge in [-0.3, -0.25) is 14.7 Å². The fraction of sp³-hybridized carbons (Fsp3) is 0.810. The Kier molecular flexibility index (Phi) is 8.92. The van der Waals surface area contributed by atoms with E-state index in [4.69, 9.17) is 4.99 Å². The van der Waals surface area contributed by atoms with Crippen LogP contribution in [0.2, 0.25) is 0 Å². The van der Waals surface area contributed by atoms with Crippen molar-refractivity contribution in [2.24, 2.45) is 4.99 Å². The molecular formula is C21H38N8O. The molecule has 0 atom stereocenters. The van der Waals surface area contributed by atoms with E-state index >= 15 is 0 Å². The lowest BCUT2D eigenvalue weighted by Gasteiger charge is -2.37. The van der Waals surface area contributed by atoms with Crippen LogP contribution in [-0.4, -0.2) is 100 Å². The lowest BCUT2D eigenvalue weighted by Crippen LogP contribution is -2.54. The van der Waals surface area contributed by atoms with Gasteiger partial charge in [-0.25, -0.2) is 0 Å². The minimum Gasteiger partial charge on any atom is -0.357 e. The molecule has 30 heavy (non-hydrogen) atoms. The number of guanidine groups is 1. The highest BCUT2D eigenvalue weighted by atomic mass is 16.2. The maximum atomic E-state index is 12.7. The van der Waals surface area contributed by atoms with Gasteiger partial charge in [-0.05, 0) is 19.8 Å². The molecule has 3 heterocycles. The number of piperazine rings is 1. The van der Waals surface area contributed by atoms with Crippen molar-refractivity contribution in [1.29, 1.82) is 0 Å². The van der Waals surface area contributed by atoms with E-state index < -0.39 is 0 Å². The Morgan fingerprint density at radius 2 is 1.77 bits per heavy atom. The summed E-state index contributed by atoms with van der Waals surface area (Å²) in [6, 6.07) is 0. The first-order valence-corrected chi connectivity index (χ1v) is 11.6. The Balaban J connectivity index is 1.46. The van der Waals surface area contributed by atoms with E-state index in [0.29, 0.717) is 19.0 Å². The number of aryl methyl sites for hydroxylation is 1. The fourth-order valence-corrected chi connectivity index (χ4v) is 4.16. The Bertz CT molecular complexity index is 672. The van der Waals surface area contributed by atoms with Gasteiger partial charge in [0.1, 0.15) is 12.2 Å². The van der Waals surface area contributed by atoms with Gasteiger partial charge in [0, 0.05) is 58.8 Å². The van der Waals surface area contributed by atoms with E-state index in [2.05, 4.69) is 48.6 Å². The molecule has 2 aliphatic heterocycles. The van der Waals surface area contributed by atoms with E-state index in [1.165, 1.54) is 12.8 Å². The van der Waals surface area contributed by atoms with E-state index in [9.17, 15) is 4.79 Å². The molecule has 9 heteroatoms. The molecule has 0 radical (unpaired) electrons. The molecular weight excluding hydrogens is 380 g/mol. The number of carbonyl (C=O) groups excluding carboxylic acids is 1. The van der Waals surface area contributed by atoms with Crippen molar-refractivity contribution in [1.82, 2.24) is 34.8 Å². The third kappa shape index (κ3) is 6.42. The van der Waals surface area contributed by atoms with Crippen LogP contribution in [0, 0.1) is 0 Å². The van der Waals surface area contributed by atoms with Gasteiger partial charge in [0.15, 0.2) is 5.96 Å². The molecule has 1 amide bonds. The normalized spacial score (nSPS) is 19.1. The van der Waals surface area contributed by atoms with Gasteiger partial charge in [-0.2, -0.15) is 0 Å². The number of aliphatic imine (C=N–C) groups is 1. The summed E-state index contributed by atoms with van der Waals surface area (Å²) in [6.07, 6.45) is 7.47. The number of aromatic nitrogens is 3. The minimum atomic E-state index is 0.298. The van der Waals surface area contributed by atoms with Crippen molar-refractivity contribution in [3.8, 4) is 0 Å². The monoisotopic (exact) mass is 418 g/mol. The van der Waals surface area contributed by atoms with Crippen molar-refractivity contribution in [3.63, 3.8) is 0 Å². The van der Waals surface area contributed by atoms with E-state index in [0.717, 1.165) is 83.4 Å². The summed E-state index contributed by atoms with van der Waals surface area (Å²) >= 11 is 0. The number of hydrogen-bond acceptors (Lipinski definition) is 5. The predicted octanol–water partition coefficient (Wildman–Crippen LogP) is 0.826. The SMILES string of the molecule is CCNC(=NCCn1cnnc1CC)N1CCN(CC(=O)N2CCCCCC2)CC1. The van der Waals surface area contributed by atoms with Gasteiger partial charge in [0.25, 0.3) is 0 Å². The number of nitrogens with one attached hydrogen (secondary N) is 1. The highest BCUT2D eigenvalue weighted by Crippen LogP contribution is 2.11. The summed E-state index contributed by atoms with van der Waals surface area (Å²) in [5.74, 6) is 2.26. The number of rotatable bonds is 7. The molecule has 0 aromatic carbocycles. The smallest absolute Gasteiger partial charge is 0.236 e. The number of nitrogens with zero attached hydrogens (tertiary/aromatic N) is 7. The number of hydrogen-bond donors (Lipinski definition) is 1. The number of amides is 1. The summed E-state index contributed by atoms with van der Waals surface area (Å²) in [5, 5.41) is 11.5. The van der Waals surface area contributed by atoms with Crippen molar-refractivity contribution >= 4 is 11.9 Å². The molecule has 168 valence electrons. The number of likely N-dealkylation sites (tertiary alicyclic amines) is 1. The second-order valence-electron chi connectivity index (χ2n) is 8.09. The first kappa shape index (κ1) is 22.5. The van der Waals surface area contributed by atoms with Crippen LogP contribution in [0.25, 0.3) is 0 Å². The molecule has 0 aliphatic carbocycles. The zero-order valence-corrected chi connectivity index (χ0v) is 18.7. The predicted molar refractivity (Wildman–Crippen MR) is 118 cm³/mol. The van der Waals surface area contributed by atoms with Crippen LogP contribution in [0.1, 0.15) is 45.4 Å². The van der Waals surface area contributed by atoms with Crippen LogP contribution >= 0.6 is 0 Å². The molecule has 3 rings (SSSR count). The Morgan fingerprint density at radius 1 is 1.03 bits per heavy atom. The second kappa shape index (κ2) is 11.9. The van der Waals surface area contributed by atoms with E-state index in [1.807, 2.05) is 0 Å². The van der Waals surface area contributed by atoms with Gasteiger partial charge in [-0.15, -0.1) is 10.2 Å². The Morgan fingerprint density at radius 3 is 2.43 bits per heavy atom. The molecule has 2 saturated heterocycles. The lowest BCUT2D eigenvalue weighted by molar-refractivity contribution is -0.132. The zero-order valence-electron chi connectivity index (χ0n) is 18.7. The largest absolute Gasteiger partial charge is 0.357 e. The van der Waals surface area contributed by atoms with Crippen LogP contribution in [0.5, 0.6) is 0 Å². The molecule has 1 N–H and O–H groups in total. The van der Waals surface area contributed by atoms with Crippen LogP contribution in [0.4, 0.5) is 0 Å². The van der Waals surface area contributed by atoms with Gasteiger partial charge in [-0.1, -0.05) is 19.8 Å². The van der Waals surface area contributed by atoms with Crippen LogP contribution in [0.3, 0.4) is 0 Å². The minimum absolute atomic E-state index is 0.298. The molecule has 2 aliphatic rings. The molecule has 0 unspecified atom stereocenters. The van der Waals surface area contributed by atoms with Crippen molar-refractivity contribution in [3.05, 3.63) is 12.2 Å². The van der Waals surface area contributed by atoms with Crippen LogP contribution < -0.4 is 5.32 Å². The highest BCUT2D eigenvalue weighted by Gasteiger charge is 2.23.